The Morgan fingerprint density at radius 2 is 2.00 bits per heavy atom. The van der Waals surface area contributed by atoms with E-state index in [2.05, 4.69) is 10.3 Å². The van der Waals surface area contributed by atoms with Crippen LogP contribution in [0.15, 0.2) is 53.9 Å². The number of carbonyl (C=O) groups excluding carboxylic acids is 2. The zero-order chi connectivity index (χ0) is 20.6. The number of hydrogen-bond donors (Lipinski definition) is 1. The van der Waals surface area contributed by atoms with Gasteiger partial charge in [0.05, 0.1) is 12.1 Å². The Morgan fingerprint density at radius 1 is 1.17 bits per heavy atom. The summed E-state index contributed by atoms with van der Waals surface area (Å²) < 4.78 is 10.5. The lowest BCUT2D eigenvalue weighted by molar-refractivity contribution is -0.147. The minimum atomic E-state index is -0.517. The first-order valence-electron chi connectivity index (χ1n) is 8.82. The van der Waals surface area contributed by atoms with Gasteiger partial charge in [0, 0.05) is 16.1 Å². The minimum absolute atomic E-state index is 0.0215. The van der Waals surface area contributed by atoms with Crippen LogP contribution in [0, 0.1) is 6.92 Å². The fourth-order valence-electron chi connectivity index (χ4n) is 2.44. The van der Waals surface area contributed by atoms with Gasteiger partial charge in [0.25, 0.3) is 0 Å². The highest BCUT2D eigenvalue weighted by atomic mass is 35.5. The molecule has 0 saturated heterocycles. The smallest absolute Gasteiger partial charge is 0.344 e. The molecule has 0 spiro atoms. The number of esters is 1. The van der Waals surface area contributed by atoms with E-state index in [4.69, 9.17) is 21.1 Å². The monoisotopic (exact) mass is 430 g/mol. The van der Waals surface area contributed by atoms with Crippen molar-refractivity contribution in [3.8, 4) is 5.75 Å². The van der Waals surface area contributed by atoms with E-state index >= 15 is 0 Å². The van der Waals surface area contributed by atoms with Crippen LogP contribution in [-0.2, 0) is 27.4 Å². The Balaban J connectivity index is 1.43. The normalized spacial score (nSPS) is 10.4. The summed E-state index contributed by atoms with van der Waals surface area (Å²) in [7, 11) is 0. The van der Waals surface area contributed by atoms with Crippen LogP contribution in [0.2, 0.25) is 5.02 Å². The van der Waals surface area contributed by atoms with Crippen molar-refractivity contribution in [1.82, 2.24) is 4.98 Å². The number of aryl methyl sites for hydroxylation is 1. The summed E-state index contributed by atoms with van der Waals surface area (Å²) in [6.07, 6.45) is 0.158. The van der Waals surface area contributed by atoms with Crippen LogP contribution in [0.1, 0.15) is 16.3 Å². The lowest BCUT2D eigenvalue weighted by atomic mass is 10.2. The lowest BCUT2D eigenvalue weighted by Crippen LogP contribution is -2.15. The van der Waals surface area contributed by atoms with E-state index in [1.807, 2.05) is 31.2 Å². The molecule has 0 fully saturated rings. The van der Waals surface area contributed by atoms with Gasteiger partial charge in [0.15, 0.2) is 6.61 Å². The van der Waals surface area contributed by atoms with E-state index < -0.39 is 5.97 Å². The van der Waals surface area contributed by atoms with Crippen molar-refractivity contribution < 1.29 is 19.1 Å². The molecule has 1 aromatic heterocycles. The van der Waals surface area contributed by atoms with E-state index in [-0.39, 0.29) is 25.5 Å². The van der Waals surface area contributed by atoms with Crippen LogP contribution in [0.4, 0.5) is 5.69 Å². The number of rotatable bonds is 8. The van der Waals surface area contributed by atoms with Gasteiger partial charge >= 0.3 is 5.97 Å². The van der Waals surface area contributed by atoms with Gasteiger partial charge in [-0.15, -0.1) is 11.3 Å². The third kappa shape index (κ3) is 6.58. The van der Waals surface area contributed by atoms with Crippen molar-refractivity contribution in [3.05, 3.63) is 75.2 Å². The van der Waals surface area contributed by atoms with E-state index in [1.165, 1.54) is 11.3 Å². The lowest BCUT2D eigenvalue weighted by Gasteiger charge is -2.07. The number of aromatic nitrogens is 1. The molecule has 0 bridgehead atoms. The highest BCUT2D eigenvalue weighted by Gasteiger charge is 2.11. The van der Waals surface area contributed by atoms with E-state index in [9.17, 15) is 9.59 Å². The molecule has 0 atom stereocenters. The van der Waals surface area contributed by atoms with Gasteiger partial charge in [-0.1, -0.05) is 35.9 Å². The van der Waals surface area contributed by atoms with Gasteiger partial charge in [-0.05, 0) is 36.8 Å². The zero-order valence-electron chi connectivity index (χ0n) is 15.7. The van der Waals surface area contributed by atoms with Crippen molar-refractivity contribution in [2.24, 2.45) is 0 Å². The zero-order valence-corrected chi connectivity index (χ0v) is 17.3. The summed E-state index contributed by atoms with van der Waals surface area (Å²) in [6, 6.07) is 14.3. The van der Waals surface area contributed by atoms with E-state index in [0.29, 0.717) is 21.5 Å². The van der Waals surface area contributed by atoms with Crippen molar-refractivity contribution in [2.75, 3.05) is 11.9 Å². The maximum atomic E-state index is 12.2. The fraction of sp³-hybridized carbons (Fsp3) is 0.190. The molecule has 150 valence electrons. The first kappa shape index (κ1) is 20.8. The number of nitrogens with one attached hydrogen (secondary N) is 1. The van der Waals surface area contributed by atoms with Gasteiger partial charge in [-0.3, -0.25) is 4.79 Å². The topological polar surface area (TPSA) is 77.5 Å². The SMILES string of the molecule is Cc1ccccc1NC(=O)Cc1nc(COC(=O)COc2cccc(Cl)c2)cs1. The second-order valence-corrected chi connectivity index (χ2v) is 7.56. The number of nitrogens with zero attached hydrogens (tertiary/aromatic N) is 1. The average molecular weight is 431 g/mol. The van der Waals surface area contributed by atoms with Crippen LogP contribution in [0.3, 0.4) is 0 Å². The Morgan fingerprint density at radius 3 is 2.79 bits per heavy atom. The van der Waals surface area contributed by atoms with Crippen molar-refractivity contribution in [3.63, 3.8) is 0 Å². The average Bonchev–Trinajstić information content (AvgIpc) is 3.14. The molecule has 1 amide bonds. The van der Waals surface area contributed by atoms with Gasteiger partial charge < -0.3 is 14.8 Å². The maximum Gasteiger partial charge on any atom is 0.344 e. The Hall–Kier alpha value is -2.90. The molecule has 0 aliphatic heterocycles. The molecule has 2 aromatic carbocycles. The second-order valence-electron chi connectivity index (χ2n) is 6.18. The van der Waals surface area contributed by atoms with Crippen LogP contribution in [-0.4, -0.2) is 23.5 Å². The summed E-state index contributed by atoms with van der Waals surface area (Å²) in [5.41, 5.74) is 2.36. The third-order valence-electron chi connectivity index (χ3n) is 3.86. The molecule has 0 aliphatic rings. The molecule has 3 rings (SSSR count). The number of ether oxygens (including phenoxy) is 2. The first-order valence-corrected chi connectivity index (χ1v) is 10.1. The summed E-state index contributed by atoms with van der Waals surface area (Å²) in [5.74, 6) is -0.172. The van der Waals surface area contributed by atoms with Crippen molar-refractivity contribution >= 4 is 40.5 Å². The summed E-state index contributed by atoms with van der Waals surface area (Å²) in [6.45, 7) is 1.73. The van der Waals surface area contributed by atoms with Crippen molar-refractivity contribution in [2.45, 2.75) is 20.0 Å². The molecule has 29 heavy (non-hydrogen) atoms. The molecule has 0 unspecified atom stereocenters. The number of anilines is 1. The Bertz CT molecular complexity index is 1010. The quantitative estimate of drug-likeness (QED) is 0.535. The molecular weight excluding hydrogens is 412 g/mol. The molecule has 3 aromatic rings. The number of carbonyl (C=O) groups is 2. The van der Waals surface area contributed by atoms with Crippen LogP contribution in [0.5, 0.6) is 5.75 Å². The van der Waals surface area contributed by atoms with E-state index in [0.717, 1.165) is 11.3 Å². The van der Waals surface area contributed by atoms with Gasteiger partial charge in [0.1, 0.15) is 17.4 Å². The summed E-state index contributed by atoms with van der Waals surface area (Å²) in [4.78, 5) is 28.4. The standard InChI is InChI=1S/C21H19ClN2O4S/c1-14-5-2-3-8-18(14)24-19(25)10-20-23-16(13-29-20)11-28-21(26)12-27-17-7-4-6-15(22)9-17/h2-9,13H,10-12H2,1H3,(H,24,25). The van der Waals surface area contributed by atoms with Gasteiger partial charge in [-0.2, -0.15) is 0 Å². The number of halogens is 1. The number of benzene rings is 2. The summed E-state index contributed by atoms with van der Waals surface area (Å²) >= 11 is 7.21. The molecule has 8 heteroatoms. The highest BCUT2D eigenvalue weighted by Crippen LogP contribution is 2.18. The summed E-state index contributed by atoms with van der Waals surface area (Å²) in [5, 5.41) is 5.81. The van der Waals surface area contributed by atoms with E-state index in [1.54, 1.807) is 29.6 Å². The van der Waals surface area contributed by atoms with Crippen LogP contribution >= 0.6 is 22.9 Å². The predicted octanol–water partition coefficient (Wildman–Crippen LogP) is 4.41. The second kappa shape index (κ2) is 10.0. The number of amides is 1. The van der Waals surface area contributed by atoms with Gasteiger partial charge in [0.2, 0.25) is 5.91 Å². The molecular formula is C21H19ClN2O4S. The highest BCUT2D eigenvalue weighted by molar-refractivity contribution is 7.09. The maximum absolute atomic E-state index is 12.2. The van der Waals surface area contributed by atoms with Crippen molar-refractivity contribution in [1.29, 1.82) is 0 Å². The van der Waals surface area contributed by atoms with Crippen LogP contribution < -0.4 is 10.1 Å². The third-order valence-corrected chi connectivity index (χ3v) is 5.00. The molecule has 1 heterocycles. The molecule has 6 nitrogen and oxygen atoms in total. The molecule has 0 saturated carbocycles. The fourth-order valence-corrected chi connectivity index (χ4v) is 3.39. The first-order chi connectivity index (χ1) is 14.0. The molecule has 0 radical (unpaired) electrons. The Labute approximate surface area is 177 Å². The number of hydrogen-bond acceptors (Lipinski definition) is 6. The Kier molecular flexibility index (Phi) is 7.21. The largest absolute Gasteiger partial charge is 0.482 e. The minimum Gasteiger partial charge on any atom is -0.482 e. The predicted molar refractivity (Wildman–Crippen MR) is 112 cm³/mol. The number of thiazole rings is 1. The van der Waals surface area contributed by atoms with Gasteiger partial charge in [-0.25, -0.2) is 9.78 Å². The number of para-hydroxylation sites is 1. The molecule has 0 aliphatic carbocycles. The van der Waals surface area contributed by atoms with Crippen LogP contribution in [0.25, 0.3) is 0 Å². The molecule has 1 N–H and O–H groups in total.